The Kier molecular flexibility index (Phi) is 5.11. The summed E-state index contributed by atoms with van der Waals surface area (Å²) < 4.78 is 15.3. The molecule has 3 aromatic rings. The molecule has 9 nitrogen and oxygen atoms in total. The zero-order valence-corrected chi connectivity index (χ0v) is 14.6. The first kappa shape index (κ1) is 18.1. The Labute approximate surface area is 153 Å². The van der Waals surface area contributed by atoms with Crippen LogP contribution >= 0.6 is 0 Å². The molecule has 27 heavy (non-hydrogen) atoms. The van der Waals surface area contributed by atoms with Crippen LogP contribution in [0.2, 0.25) is 0 Å². The quantitative estimate of drug-likeness (QED) is 0.567. The topological polar surface area (TPSA) is 123 Å². The molecule has 1 aromatic heterocycles. The van der Waals surface area contributed by atoms with Crippen LogP contribution in [-0.2, 0) is 9.53 Å². The molecule has 0 radical (unpaired) electrons. The number of hydrogen-bond acceptors (Lipinski definition) is 6. The van der Waals surface area contributed by atoms with Crippen molar-refractivity contribution in [1.29, 1.82) is 0 Å². The number of carbonyl (C=O) groups is 2. The lowest BCUT2D eigenvalue weighted by Crippen LogP contribution is -2.21. The summed E-state index contributed by atoms with van der Waals surface area (Å²) in [5.74, 6) is -0.633. The van der Waals surface area contributed by atoms with Crippen molar-refractivity contribution < 1.29 is 23.8 Å². The van der Waals surface area contributed by atoms with Gasteiger partial charge in [-0.05, 0) is 30.3 Å². The largest absolute Gasteiger partial charge is 0.493 e. The normalized spacial score (nSPS) is 10.4. The highest BCUT2D eigenvalue weighted by atomic mass is 16.5. The van der Waals surface area contributed by atoms with Crippen molar-refractivity contribution in [2.75, 3.05) is 26.1 Å². The predicted octanol–water partition coefficient (Wildman–Crippen LogP) is 1.67. The predicted molar refractivity (Wildman–Crippen MR) is 97.4 cm³/mol. The van der Waals surface area contributed by atoms with E-state index in [9.17, 15) is 14.4 Å². The lowest BCUT2D eigenvalue weighted by atomic mass is 10.2. The van der Waals surface area contributed by atoms with Gasteiger partial charge in [0.15, 0.2) is 18.1 Å². The molecule has 3 rings (SSSR count). The second-order valence-corrected chi connectivity index (χ2v) is 5.50. The van der Waals surface area contributed by atoms with E-state index in [0.717, 1.165) is 0 Å². The first-order valence-electron chi connectivity index (χ1n) is 7.92. The van der Waals surface area contributed by atoms with Gasteiger partial charge in [-0.2, -0.15) is 0 Å². The summed E-state index contributed by atoms with van der Waals surface area (Å²) >= 11 is 0. The summed E-state index contributed by atoms with van der Waals surface area (Å²) in [5.41, 5.74) is 1.44. The molecule has 0 bridgehead atoms. The number of amides is 1. The lowest BCUT2D eigenvalue weighted by Gasteiger charge is -2.12. The number of rotatable bonds is 6. The third-order valence-electron chi connectivity index (χ3n) is 3.76. The van der Waals surface area contributed by atoms with E-state index in [1.54, 1.807) is 30.3 Å². The van der Waals surface area contributed by atoms with Crippen LogP contribution in [0.3, 0.4) is 0 Å². The summed E-state index contributed by atoms with van der Waals surface area (Å²) in [6.07, 6.45) is 0. The highest BCUT2D eigenvalue weighted by molar-refractivity contribution is 5.98. The fraction of sp³-hybridized carbons (Fsp3) is 0.167. The SMILES string of the molecule is COc1cccc(C(=O)OCC(=O)Nc2ccc3[nH]c(=O)[nH]c3c2)c1OC. The molecule has 0 fully saturated rings. The Morgan fingerprint density at radius 1 is 1.04 bits per heavy atom. The minimum atomic E-state index is -0.716. The van der Waals surface area contributed by atoms with Gasteiger partial charge in [0, 0.05) is 5.69 Å². The third-order valence-corrected chi connectivity index (χ3v) is 3.76. The van der Waals surface area contributed by atoms with E-state index in [0.29, 0.717) is 22.5 Å². The molecule has 1 heterocycles. The first-order chi connectivity index (χ1) is 13.0. The number of ether oxygens (including phenoxy) is 3. The Balaban J connectivity index is 1.64. The van der Waals surface area contributed by atoms with E-state index in [-0.39, 0.29) is 17.0 Å². The number of hydrogen-bond donors (Lipinski definition) is 3. The molecule has 0 aliphatic heterocycles. The molecule has 140 valence electrons. The maximum Gasteiger partial charge on any atom is 0.342 e. The molecule has 3 N–H and O–H groups in total. The number of carbonyl (C=O) groups excluding carboxylic acids is 2. The van der Waals surface area contributed by atoms with Gasteiger partial charge in [-0.3, -0.25) is 4.79 Å². The van der Waals surface area contributed by atoms with Crippen LogP contribution in [0, 0.1) is 0 Å². The fourth-order valence-corrected chi connectivity index (χ4v) is 2.56. The minimum absolute atomic E-state index is 0.149. The number of imidazole rings is 1. The van der Waals surface area contributed by atoms with Crippen molar-refractivity contribution in [2.24, 2.45) is 0 Å². The number of H-pyrrole nitrogens is 2. The maximum absolute atomic E-state index is 12.2. The highest BCUT2D eigenvalue weighted by Gasteiger charge is 2.18. The second kappa shape index (κ2) is 7.65. The molecule has 0 saturated heterocycles. The zero-order valence-electron chi connectivity index (χ0n) is 14.6. The van der Waals surface area contributed by atoms with E-state index < -0.39 is 18.5 Å². The van der Waals surface area contributed by atoms with Gasteiger partial charge in [0.1, 0.15) is 5.56 Å². The summed E-state index contributed by atoms with van der Waals surface area (Å²) in [5, 5.41) is 2.59. The van der Waals surface area contributed by atoms with Crippen LogP contribution in [0.25, 0.3) is 11.0 Å². The van der Waals surface area contributed by atoms with Gasteiger partial charge in [0.25, 0.3) is 5.91 Å². The van der Waals surface area contributed by atoms with E-state index in [4.69, 9.17) is 14.2 Å². The van der Waals surface area contributed by atoms with E-state index >= 15 is 0 Å². The number of benzene rings is 2. The molecule has 0 spiro atoms. The Bertz CT molecular complexity index is 1050. The van der Waals surface area contributed by atoms with Gasteiger partial charge in [0.05, 0.1) is 25.3 Å². The number of anilines is 1. The fourth-order valence-electron chi connectivity index (χ4n) is 2.56. The monoisotopic (exact) mass is 371 g/mol. The van der Waals surface area contributed by atoms with Crippen LogP contribution < -0.4 is 20.5 Å². The Morgan fingerprint density at radius 3 is 2.56 bits per heavy atom. The molecule has 0 atom stereocenters. The standard InChI is InChI=1S/C18H17N3O6/c1-25-14-5-3-4-11(16(14)26-2)17(23)27-9-15(22)19-10-6-7-12-13(8-10)21-18(24)20-12/h3-8H,9H2,1-2H3,(H,19,22)(H2,20,21,24). The average Bonchev–Trinajstić information content (AvgIpc) is 3.04. The molecular formula is C18H17N3O6. The van der Waals surface area contributed by atoms with Gasteiger partial charge in [0.2, 0.25) is 0 Å². The van der Waals surface area contributed by atoms with E-state index in [1.807, 2.05) is 0 Å². The highest BCUT2D eigenvalue weighted by Crippen LogP contribution is 2.31. The van der Waals surface area contributed by atoms with Crippen LogP contribution in [0.1, 0.15) is 10.4 Å². The molecule has 2 aromatic carbocycles. The number of nitrogens with one attached hydrogen (secondary N) is 3. The number of aromatic amines is 2. The molecule has 0 unspecified atom stereocenters. The molecule has 1 amide bonds. The molecule has 9 heteroatoms. The maximum atomic E-state index is 12.2. The average molecular weight is 371 g/mol. The number of para-hydroxylation sites is 1. The number of fused-ring (bicyclic) bond motifs is 1. The van der Waals surface area contributed by atoms with Crippen LogP contribution in [0.5, 0.6) is 11.5 Å². The molecular weight excluding hydrogens is 354 g/mol. The van der Waals surface area contributed by atoms with Gasteiger partial charge >= 0.3 is 11.7 Å². The Morgan fingerprint density at radius 2 is 1.81 bits per heavy atom. The van der Waals surface area contributed by atoms with Crippen molar-refractivity contribution >= 4 is 28.6 Å². The van der Waals surface area contributed by atoms with Gasteiger partial charge in [-0.25, -0.2) is 9.59 Å². The second-order valence-electron chi connectivity index (χ2n) is 5.50. The van der Waals surface area contributed by atoms with Crippen molar-refractivity contribution in [1.82, 2.24) is 9.97 Å². The summed E-state index contributed by atoms with van der Waals surface area (Å²) in [6, 6.07) is 9.64. The lowest BCUT2D eigenvalue weighted by molar-refractivity contribution is -0.119. The summed E-state index contributed by atoms with van der Waals surface area (Å²) in [6.45, 7) is -0.485. The number of methoxy groups -OCH3 is 2. The number of aromatic nitrogens is 2. The van der Waals surface area contributed by atoms with Crippen LogP contribution in [-0.4, -0.2) is 42.7 Å². The molecule has 0 aliphatic rings. The zero-order chi connectivity index (χ0) is 19.4. The molecule has 0 saturated carbocycles. The minimum Gasteiger partial charge on any atom is -0.493 e. The summed E-state index contributed by atoms with van der Waals surface area (Å²) in [4.78, 5) is 40.7. The van der Waals surface area contributed by atoms with Crippen molar-refractivity contribution in [3.05, 3.63) is 52.4 Å². The van der Waals surface area contributed by atoms with E-state index in [1.165, 1.54) is 20.3 Å². The smallest absolute Gasteiger partial charge is 0.342 e. The van der Waals surface area contributed by atoms with Crippen molar-refractivity contribution in [3.8, 4) is 11.5 Å². The van der Waals surface area contributed by atoms with Crippen molar-refractivity contribution in [2.45, 2.75) is 0 Å². The van der Waals surface area contributed by atoms with Crippen molar-refractivity contribution in [3.63, 3.8) is 0 Å². The van der Waals surface area contributed by atoms with Gasteiger partial charge in [-0.15, -0.1) is 0 Å². The van der Waals surface area contributed by atoms with Crippen LogP contribution in [0.15, 0.2) is 41.2 Å². The number of esters is 1. The third kappa shape index (κ3) is 3.92. The van der Waals surface area contributed by atoms with E-state index in [2.05, 4.69) is 15.3 Å². The first-order valence-corrected chi connectivity index (χ1v) is 7.92. The van der Waals surface area contributed by atoms with Crippen LogP contribution in [0.4, 0.5) is 5.69 Å². The van der Waals surface area contributed by atoms with Gasteiger partial charge in [-0.1, -0.05) is 6.07 Å². The Hall–Kier alpha value is -3.75. The van der Waals surface area contributed by atoms with Gasteiger partial charge < -0.3 is 29.5 Å². The molecule has 0 aliphatic carbocycles. The summed E-state index contributed by atoms with van der Waals surface area (Å²) in [7, 11) is 2.86.